The summed E-state index contributed by atoms with van der Waals surface area (Å²) in [6.07, 6.45) is -15.6. The van der Waals surface area contributed by atoms with Crippen LogP contribution in [0.1, 0.15) is 0 Å². The van der Waals surface area contributed by atoms with E-state index in [-0.39, 0.29) is 72.6 Å². The topological polar surface area (TPSA) is 568 Å². The summed E-state index contributed by atoms with van der Waals surface area (Å²) < 4.78 is 11.3. The molecule has 0 aliphatic heterocycles. The number of carboxylic acid groups (broad SMARTS) is 6. The Balaban J connectivity index is -0.0000000572. The van der Waals surface area contributed by atoms with Gasteiger partial charge in [-0.3, -0.25) is 44.0 Å². The summed E-state index contributed by atoms with van der Waals surface area (Å²) in [5.74, 6) is 0. The zero-order valence-corrected chi connectivity index (χ0v) is 26.4. The van der Waals surface area contributed by atoms with Crippen molar-refractivity contribution in [2.24, 2.45) is 0 Å². The van der Waals surface area contributed by atoms with Crippen molar-refractivity contribution in [2.75, 3.05) is 0 Å². The van der Waals surface area contributed by atoms with Gasteiger partial charge < -0.3 is 44.6 Å². The zero-order valence-electron chi connectivity index (χ0n) is 21.3. The quantitative estimate of drug-likeness (QED) is 0.0804. The van der Waals surface area contributed by atoms with Gasteiger partial charge in [-0.1, -0.05) is 0 Å². The van der Waals surface area contributed by atoms with E-state index in [1.165, 1.54) is 0 Å². The Bertz CT molecular complexity index is 709. The van der Waals surface area contributed by atoms with E-state index in [2.05, 4.69) is 58.0 Å². The first-order chi connectivity index (χ1) is 21.1. The summed E-state index contributed by atoms with van der Waals surface area (Å²) in [5.41, 5.74) is 0. The molecule has 48 heavy (non-hydrogen) atoms. The number of carbonyl (C=O) groups excluding carboxylic acids is 3. The molecule has 15 N–H and O–H groups in total. The Kier molecular flexibility index (Phi) is 71.7. The van der Waals surface area contributed by atoms with Gasteiger partial charge in [0.2, 0.25) is 0 Å². The molecule has 0 unspecified atom stereocenters. The first-order valence-electron chi connectivity index (χ1n) is 7.98. The van der Waals surface area contributed by atoms with Gasteiger partial charge in [-0.25, -0.2) is 43.2 Å². The van der Waals surface area contributed by atoms with Crippen molar-refractivity contribution in [3.05, 3.63) is 0 Å². The second kappa shape index (κ2) is 52.1. The van der Waals surface area contributed by atoms with Crippen molar-refractivity contribution < 1.29 is 252 Å². The molecule has 0 aliphatic carbocycles. The van der Waals surface area contributed by atoms with Gasteiger partial charge in [0.15, 0.2) is 0 Å². The Labute approximate surface area is 312 Å². The number of rotatable bonds is 3. The van der Waals surface area contributed by atoms with E-state index >= 15 is 0 Å². The molecule has 0 aliphatic rings. The normalized spacial score (nSPS) is 6.94. The average molecular weight is 956 g/mol. The molecule has 281 valence electrons. The molecule has 39 heteroatoms. The Morgan fingerprint density at radius 1 is 0.312 bits per heavy atom. The second-order valence-electron chi connectivity index (χ2n) is 3.81. The van der Waals surface area contributed by atoms with Crippen LogP contribution in [0, 0.1) is 39.9 Å². The predicted molar refractivity (Wildman–Crippen MR) is 107 cm³/mol. The molecule has 0 amide bonds. The maximum Gasteiger partial charge on any atom is 0.877 e. The van der Waals surface area contributed by atoms with Crippen LogP contribution in [0.4, 0.5) is 43.2 Å². The van der Waals surface area contributed by atoms with Crippen LogP contribution in [0.15, 0.2) is 0 Å². The van der Waals surface area contributed by atoms with Gasteiger partial charge in [0.25, 0.3) is 0 Å². The van der Waals surface area contributed by atoms with Crippen LogP contribution < -0.4 is 0 Å². The summed E-state index contributed by atoms with van der Waals surface area (Å²) in [5, 5.41) is 109. The van der Waals surface area contributed by atoms with Gasteiger partial charge >= 0.3 is 62.7 Å². The van der Waals surface area contributed by atoms with E-state index in [4.69, 9.17) is 107 Å². The summed E-state index contributed by atoms with van der Waals surface area (Å²) >= 11 is 0. The van der Waals surface area contributed by atoms with Crippen LogP contribution >= 0.6 is 0 Å². The molecule has 0 atom stereocenters. The summed E-state index contributed by atoms with van der Waals surface area (Å²) in [6, 6.07) is 0. The molecular formula is C9H15BGdO36Y. The third-order valence-corrected chi connectivity index (χ3v) is 1.27. The Hall–Kier alpha value is -4.44. The molecule has 0 saturated carbocycles. The molecule has 0 aromatic rings. The third-order valence-electron chi connectivity index (χ3n) is 1.27. The molecule has 0 spiro atoms. The molecule has 0 rings (SSSR count). The summed E-state index contributed by atoms with van der Waals surface area (Å²) in [4.78, 5) is 109. The molecule has 36 nitrogen and oxygen atoms in total. The van der Waals surface area contributed by atoms with Crippen LogP contribution in [0.2, 0.25) is 0 Å². The van der Waals surface area contributed by atoms with E-state index in [9.17, 15) is 14.4 Å². The largest absolute Gasteiger partial charge is 0.877 e. The van der Waals surface area contributed by atoms with Crippen molar-refractivity contribution >= 4 is 62.7 Å². The second-order valence-corrected chi connectivity index (χ2v) is 3.81. The zero-order chi connectivity index (χ0) is 38.3. The first kappa shape index (κ1) is 66.1. The fourth-order valence-corrected chi connectivity index (χ4v) is 0.372. The van der Waals surface area contributed by atoms with Crippen LogP contribution in [0.3, 0.4) is 0 Å². The fourth-order valence-electron chi connectivity index (χ4n) is 0.372. The standard InChI is InChI=1S/C3H3BO12.6CH2O4.Gd.Y/c5-1(14-8)11-4(12-2(6)15-9)13-3(7)16-10;6*2-1(3)5-4;;/h8-10H;6*4H,(H,2,3);;. The molecule has 1 radical (unpaired) electrons. The summed E-state index contributed by atoms with van der Waals surface area (Å²) in [6.45, 7) is 0. The average Bonchev–Trinajstić information content (AvgIpc) is 3.01. The monoisotopic (exact) mass is 957 g/mol. The van der Waals surface area contributed by atoms with Crippen LogP contribution in [-0.2, 0) is 90.7 Å². The van der Waals surface area contributed by atoms with Crippen molar-refractivity contribution in [3.8, 4) is 0 Å². The Morgan fingerprint density at radius 3 is 0.479 bits per heavy atom. The van der Waals surface area contributed by atoms with Crippen molar-refractivity contribution in [1.29, 1.82) is 0 Å². The minimum absolute atomic E-state index is 0. The Morgan fingerprint density at radius 2 is 0.417 bits per heavy atom. The van der Waals surface area contributed by atoms with E-state index in [1.54, 1.807) is 0 Å². The maximum atomic E-state index is 10.3. The molecule has 0 aromatic carbocycles. The van der Waals surface area contributed by atoms with Gasteiger partial charge in [0.1, 0.15) is 0 Å². The van der Waals surface area contributed by atoms with Gasteiger partial charge in [0.05, 0.1) is 0 Å². The smallest absolute Gasteiger partial charge is 0.448 e. The number of hydrogen-bond donors (Lipinski definition) is 15. The fraction of sp³-hybridized carbons (Fsp3) is 0. The molecule has 0 heterocycles. The van der Waals surface area contributed by atoms with Crippen LogP contribution in [-0.4, -0.2) is 141 Å². The predicted octanol–water partition coefficient (Wildman–Crippen LogP) is 0.771. The van der Waals surface area contributed by atoms with E-state index in [0.29, 0.717) is 0 Å². The van der Waals surface area contributed by atoms with E-state index in [0.717, 1.165) is 0 Å². The molecule has 0 saturated heterocycles. The minimum Gasteiger partial charge on any atom is -0.448 e. The van der Waals surface area contributed by atoms with Gasteiger partial charge in [-0.05, 0) is 0 Å². The molecular weight excluding hydrogens is 941 g/mol. The van der Waals surface area contributed by atoms with Crippen molar-refractivity contribution in [3.63, 3.8) is 0 Å². The molecule has 0 aromatic heterocycles. The number of hydrogen-bond acceptors (Lipinski definition) is 30. The van der Waals surface area contributed by atoms with Gasteiger partial charge in [-0.2, -0.15) is 47.3 Å². The van der Waals surface area contributed by atoms with Gasteiger partial charge in [0, 0.05) is 72.6 Å². The van der Waals surface area contributed by atoms with E-state index < -0.39 is 62.7 Å². The van der Waals surface area contributed by atoms with Crippen LogP contribution in [0.25, 0.3) is 0 Å². The first-order valence-corrected chi connectivity index (χ1v) is 7.98. The van der Waals surface area contributed by atoms with Crippen molar-refractivity contribution in [1.82, 2.24) is 0 Å². The molecule has 0 bridgehead atoms. The summed E-state index contributed by atoms with van der Waals surface area (Å²) in [7, 11) is -2.43. The maximum absolute atomic E-state index is 10.3. The number of carbonyl (C=O) groups is 9. The van der Waals surface area contributed by atoms with Crippen LogP contribution in [0.5, 0.6) is 0 Å². The van der Waals surface area contributed by atoms with E-state index in [1.807, 2.05) is 0 Å². The minimum atomic E-state index is -2.43. The third kappa shape index (κ3) is 105. The van der Waals surface area contributed by atoms with Crippen molar-refractivity contribution in [2.45, 2.75) is 0 Å². The molecule has 0 fully saturated rings. The SMILES string of the molecule is O=C(O)OO.O=C(O)OO.O=C(O)OO.O=C(O)OO.O=C(O)OO.O=C(O)OO.O=C(OO)OB(OC(=O)OO)OC(=O)OO.[Gd].[Y]. The van der Waals surface area contributed by atoms with Gasteiger partial charge in [-0.15, -0.1) is 0 Å².